The summed E-state index contributed by atoms with van der Waals surface area (Å²) in [5, 5.41) is 2.66. The van der Waals surface area contributed by atoms with E-state index in [0.29, 0.717) is 20.5 Å². The molecule has 2 aromatic carbocycles. The van der Waals surface area contributed by atoms with E-state index in [1.54, 1.807) is 7.11 Å². The van der Waals surface area contributed by atoms with Crippen molar-refractivity contribution in [3.05, 3.63) is 64.6 Å². The highest BCUT2D eigenvalue weighted by Gasteiger charge is 2.48. The number of methoxy groups -OCH3 is 1. The highest BCUT2D eigenvalue weighted by molar-refractivity contribution is 8.27. The molecule has 0 aromatic heterocycles. The molecule has 37 heavy (non-hydrogen) atoms. The zero-order valence-electron chi connectivity index (χ0n) is 21.0. The van der Waals surface area contributed by atoms with Crippen LogP contribution in [0.2, 0.25) is 0 Å². The number of amides is 2. The van der Waals surface area contributed by atoms with Crippen molar-refractivity contribution in [2.75, 3.05) is 49.6 Å². The van der Waals surface area contributed by atoms with E-state index in [1.807, 2.05) is 23.1 Å². The van der Waals surface area contributed by atoms with Gasteiger partial charge in [0.25, 0.3) is 11.8 Å². The smallest absolute Gasteiger partial charge is 0.264 e. The second-order valence-corrected chi connectivity index (χ2v) is 11.9. The average molecular weight is 533 g/mol. The van der Waals surface area contributed by atoms with Crippen LogP contribution in [0.3, 0.4) is 0 Å². The van der Waals surface area contributed by atoms with Crippen molar-refractivity contribution in [2.24, 2.45) is 0 Å². The third-order valence-electron chi connectivity index (χ3n) is 7.41. The van der Waals surface area contributed by atoms with E-state index >= 15 is 0 Å². The Balaban J connectivity index is 1.36. The first-order valence-corrected chi connectivity index (χ1v) is 13.6. The molecule has 4 heterocycles. The number of para-hydroxylation sites is 1. The number of benzene rings is 2. The van der Waals surface area contributed by atoms with Gasteiger partial charge in [0, 0.05) is 49.5 Å². The number of rotatable bonds is 4. The van der Waals surface area contributed by atoms with E-state index in [-0.39, 0.29) is 11.8 Å². The van der Waals surface area contributed by atoms with E-state index in [9.17, 15) is 9.59 Å². The maximum absolute atomic E-state index is 13.8. The zero-order chi connectivity index (χ0) is 25.9. The van der Waals surface area contributed by atoms with Crippen LogP contribution >= 0.6 is 24.0 Å². The lowest BCUT2D eigenvalue weighted by Gasteiger charge is -2.41. The topological polar surface area (TPSA) is 65.1 Å². The highest BCUT2D eigenvalue weighted by Crippen LogP contribution is 2.52. The Bertz CT molecular complexity index is 1390. The van der Waals surface area contributed by atoms with Crippen molar-refractivity contribution in [2.45, 2.75) is 19.4 Å². The molecule has 0 bridgehead atoms. The molecule has 4 aliphatic rings. The largest absolute Gasteiger partial charge is 0.497 e. The number of thiocarbonyl (C=S) groups is 1. The van der Waals surface area contributed by atoms with Gasteiger partial charge in [0.15, 0.2) is 0 Å². The van der Waals surface area contributed by atoms with Gasteiger partial charge >= 0.3 is 0 Å². The summed E-state index contributed by atoms with van der Waals surface area (Å²) in [7, 11) is 1.63. The Kier molecular flexibility index (Phi) is 5.89. The minimum absolute atomic E-state index is 0.177. The number of nitrogens with zero attached hydrogens (tertiary/aromatic N) is 3. The van der Waals surface area contributed by atoms with Crippen LogP contribution in [-0.2, 0) is 9.59 Å². The maximum atomic E-state index is 13.8. The van der Waals surface area contributed by atoms with Gasteiger partial charge in [-0.3, -0.25) is 19.4 Å². The SMILES string of the molecule is COc1cc2c3c(c1)/C(=C1/SC(=S)NC1=O)C(=O)N3C(C)(C)C=C2CN1CCN(c2ccccc2)CC1. The zero-order valence-corrected chi connectivity index (χ0v) is 22.7. The van der Waals surface area contributed by atoms with Crippen LogP contribution in [0.25, 0.3) is 11.1 Å². The van der Waals surface area contributed by atoms with Crippen molar-refractivity contribution in [1.29, 1.82) is 0 Å². The Labute approximate surface area is 226 Å². The summed E-state index contributed by atoms with van der Waals surface area (Å²) >= 11 is 6.36. The lowest BCUT2D eigenvalue weighted by atomic mass is 9.87. The van der Waals surface area contributed by atoms with Crippen LogP contribution in [0.4, 0.5) is 11.4 Å². The summed E-state index contributed by atoms with van der Waals surface area (Å²) in [5.41, 5.74) is 4.83. The predicted molar refractivity (Wildman–Crippen MR) is 153 cm³/mol. The number of nitrogens with one attached hydrogen (secondary N) is 1. The summed E-state index contributed by atoms with van der Waals surface area (Å²) in [6.45, 7) is 8.70. The minimum Gasteiger partial charge on any atom is -0.497 e. The molecular weight excluding hydrogens is 504 g/mol. The van der Waals surface area contributed by atoms with E-state index in [1.165, 1.54) is 11.3 Å². The number of hydrogen-bond donors (Lipinski definition) is 1. The molecule has 0 saturated carbocycles. The van der Waals surface area contributed by atoms with Crippen LogP contribution < -0.4 is 19.9 Å². The highest BCUT2D eigenvalue weighted by atomic mass is 32.2. The maximum Gasteiger partial charge on any atom is 0.264 e. The van der Waals surface area contributed by atoms with E-state index in [0.717, 1.165) is 61.3 Å². The molecule has 1 N–H and O–H groups in total. The average Bonchev–Trinajstić information content (AvgIpc) is 3.37. The number of piperazine rings is 1. The molecule has 6 rings (SSSR count). The van der Waals surface area contributed by atoms with Crippen molar-refractivity contribution in [3.63, 3.8) is 0 Å². The van der Waals surface area contributed by atoms with Crippen molar-refractivity contribution in [3.8, 4) is 5.75 Å². The van der Waals surface area contributed by atoms with Crippen LogP contribution in [0.5, 0.6) is 5.75 Å². The van der Waals surface area contributed by atoms with Gasteiger partial charge in [-0.05, 0) is 43.7 Å². The standard InChI is InChI=1S/C28H28N4O3S2/c1-28(2)15-17(16-30-9-11-31(12-10-30)18-7-5-4-6-8-18)20-13-19(35-3)14-21-22(26(34)32(28)23(20)21)24-25(33)29-27(36)37-24/h4-8,13-15H,9-12,16H2,1-3H3,(H,29,33,36)/b24-22-. The van der Waals surface area contributed by atoms with Crippen LogP contribution in [0.1, 0.15) is 25.0 Å². The first-order chi connectivity index (χ1) is 17.8. The second kappa shape index (κ2) is 9.01. The fourth-order valence-electron chi connectivity index (χ4n) is 5.72. The molecule has 0 unspecified atom stereocenters. The molecule has 2 saturated heterocycles. The number of carbonyl (C=O) groups excluding carboxylic acids is 2. The Morgan fingerprint density at radius 1 is 1.05 bits per heavy atom. The Hall–Kier alpha value is -3.14. The van der Waals surface area contributed by atoms with Gasteiger partial charge in [-0.25, -0.2) is 0 Å². The van der Waals surface area contributed by atoms with E-state index in [2.05, 4.69) is 59.3 Å². The molecule has 0 radical (unpaired) electrons. The van der Waals surface area contributed by atoms with Crippen molar-refractivity contribution >= 4 is 62.6 Å². The van der Waals surface area contributed by atoms with E-state index < -0.39 is 5.54 Å². The number of carbonyl (C=O) groups is 2. The van der Waals surface area contributed by atoms with Crippen LogP contribution in [-0.4, -0.2) is 66.4 Å². The van der Waals surface area contributed by atoms with Crippen molar-refractivity contribution < 1.29 is 14.3 Å². The first kappa shape index (κ1) is 24.2. The predicted octanol–water partition coefficient (Wildman–Crippen LogP) is 3.90. The van der Waals surface area contributed by atoms with Crippen LogP contribution in [0.15, 0.2) is 53.4 Å². The molecule has 9 heteroatoms. The minimum atomic E-state index is -0.558. The monoisotopic (exact) mass is 532 g/mol. The molecule has 0 aliphatic carbocycles. The molecule has 7 nitrogen and oxygen atoms in total. The van der Waals surface area contributed by atoms with Gasteiger partial charge in [0.1, 0.15) is 10.1 Å². The molecule has 4 aliphatic heterocycles. The second-order valence-electron chi connectivity index (χ2n) is 10.2. The van der Waals surface area contributed by atoms with Gasteiger partial charge in [-0.15, -0.1) is 0 Å². The molecule has 190 valence electrons. The summed E-state index contributed by atoms with van der Waals surface area (Å²) in [6.07, 6.45) is 2.19. The van der Waals surface area contributed by atoms with E-state index in [4.69, 9.17) is 17.0 Å². The summed E-state index contributed by atoms with van der Waals surface area (Å²) in [5.74, 6) is 0.160. The Morgan fingerprint density at radius 2 is 1.76 bits per heavy atom. The number of ether oxygens (including phenoxy) is 1. The lowest BCUT2D eigenvalue weighted by Crippen LogP contribution is -2.49. The first-order valence-electron chi connectivity index (χ1n) is 12.4. The number of anilines is 2. The van der Waals surface area contributed by atoms with Gasteiger partial charge in [-0.1, -0.05) is 48.3 Å². The fraction of sp³-hybridized carbons (Fsp3) is 0.321. The molecule has 0 atom stereocenters. The number of thioether (sulfide) groups is 1. The summed E-state index contributed by atoms with van der Waals surface area (Å²) in [6, 6.07) is 14.4. The quantitative estimate of drug-likeness (QED) is 0.473. The molecule has 2 aromatic rings. The summed E-state index contributed by atoms with van der Waals surface area (Å²) < 4.78 is 6.02. The van der Waals surface area contributed by atoms with Gasteiger partial charge in [0.05, 0.1) is 28.8 Å². The van der Waals surface area contributed by atoms with Crippen LogP contribution in [0, 0.1) is 0 Å². The normalized spacial score (nSPS) is 22.8. The van der Waals surface area contributed by atoms with Crippen molar-refractivity contribution in [1.82, 2.24) is 10.2 Å². The van der Waals surface area contributed by atoms with Gasteiger partial charge < -0.3 is 15.0 Å². The molecule has 2 fully saturated rings. The molecular formula is C28H28N4O3S2. The summed E-state index contributed by atoms with van der Waals surface area (Å²) in [4.78, 5) is 33.6. The number of hydrogen-bond acceptors (Lipinski definition) is 7. The molecule has 0 spiro atoms. The fourth-order valence-corrected chi connectivity index (χ4v) is 6.84. The third-order valence-corrected chi connectivity index (χ3v) is 8.64. The molecule has 2 amide bonds. The lowest BCUT2D eigenvalue weighted by molar-refractivity contribution is -0.116. The Morgan fingerprint density at radius 3 is 2.41 bits per heavy atom. The van der Waals surface area contributed by atoms with Gasteiger partial charge in [0.2, 0.25) is 0 Å². The van der Waals surface area contributed by atoms with Gasteiger partial charge in [-0.2, -0.15) is 0 Å². The third kappa shape index (κ3) is 4.05.